The number of anilines is 3. The number of hydrogen-bond acceptors (Lipinski definition) is 5. The van der Waals surface area contributed by atoms with E-state index in [1.807, 2.05) is 6.92 Å². The number of nitrogen functional groups attached to an aromatic ring is 1. The van der Waals surface area contributed by atoms with Gasteiger partial charge in [-0.05, 0) is 24.6 Å². The molecule has 0 bridgehead atoms. The number of aromatic amines is 1. The first-order valence-corrected chi connectivity index (χ1v) is 9.33. The maximum atomic E-state index is 13.2. The molecule has 2 aromatic rings. The predicted molar refractivity (Wildman–Crippen MR) is 109 cm³/mol. The van der Waals surface area contributed by atoms with E-state index < -0.39 is 41.1 Å². The minimum absolute atomic E-state index is 0.130. The minimum atomic E-state index is -4.73. The smallest absolute Gasteiger partial charge is 0.383 e. The van der Waals surface area contributed by atoms with Crippen LogP contribution in [0.2, 0.25) is 5.02 Å². The number of benzene rings is 1. The van der Waals surface area contributed by atoms with Gasteiger partial charge in [-0.2, -0.15) is 13.2 Å². The van der Waals surface area contributed by atoms with Gasteiger partial charge in [-0.3, -0.25) is 19.1 Å². The third-order valence-electron chi connectivity index (χ3n) is 4.27. The number of nitrogens with zero attached hydrogens (tertiary/aromatic N) is 2. The van der Waals surface area contributed by atoms with Gasteiger partial charge in [0.1, 0.15) is 11.5 Å². The van der Waals surface area contributed by atoms with E-state index in [-0.39, 0.29) is 23.1 Å². The molecule has 1 amide bonds. The number of nitrogens with two attached hydrogens (primary N) is 1. The van der Waals surface area contributed by atoms with Gasteiger partial charge in [0.25, 0.3) is 5.56 Å². The number of carbonyl (C=O) groups is 1. The fraction of sp³-hybridized carbons (Fsp3) is 0.389. The molecule has 0 atom stereocenters. The number of aromatic nitrogens is 2. The van der Waals surface area contributed by atoms with E-state index >= 15 is 0 Å². The van der Waals surface area contributed by atoms with Crippen LogP contribution in [0.3, 0.4) is 0 Å². The van der Waals surface area contributed by atoms with Gasteiger partial charge in [0, 0.05) is 18.6 Å². The molecule has 0 aliphatic rings. The summed E-state index contributed by atoms with van der Waals surface area (Å²) in [6.07, 6.45) is -3.31. The van der Waals surface area contributed by atoms with Crippen LogP contribution < -0.4 is 27.2 Å². The second kappa shape index (κ2) is 9.24. The van der Waals surface area contributed by atoms with Gasteiger partial charge in [0.15, 0.2) is 0 Å². The maximum Gasteiger partial charge on any atom is 0.418 e. The molecule has 4 N–H and O–H groups in total. The summed E-state index contributed by atoms with van der Waals surface area (Å²) >= 11 is 5.62. The number of likely N-dealkylation sites (N-methyl/N-ethyl adjacent to an activating group) is 1. The molecule has 1 aromatic carbocycles. The van der Waals surface area contributed by atoms with Crippen LogP contribution in [-0.4, -0.2) is 29.1 Å². The van der Waals surface area contributed by atoms with E-state index in [9.17, 15) is 27.6 Å². The predicted octanol–water partition coefficient (Wildman–Crippen LogP) is 2.67. The molecule has 0 saturated heterocycles. The Hall–Kier alpha value is -2.95. The summed E-state index contributed by atoms with van der Waals surface area (Å²) in [5.41, 5.74) is 2.77. The molecule has 0 aliphatic carbocycles. The number of hydrogen-bond donors (Lipinski definition) is 3. The zero-order chi connectivity index (χ0) is 22.6. The quantitative estimate of drug-likeness (QED) is 0.604. The molecule has 0 radical (unpaired) electrons. The van der Waals surface area contributed by atoms with E-state index in [0.29, 0.717) is 12.5 Å². The Morgan fingerprint density at radius 2 is 2.00 bits per heavy atom. The topological polar surface area (TPSA) is 113 Å². The number of nitrogens with one attached hydrogen (secondary N) is 2. The van der Waals surface area contributed by atoms with Gasteiger partial charge in [-0.15, -0.1) is 0 Å². The number of H-pyrrole nitrogens is 1. The lowest BCUT2D eigenvalue weighted by Crippen LogP contribution is -2.39. The molecule has 8 nitrogen and oxygen atoms in total. The molecule has 0 fully saturated rings. The average Bonchev–Trinajstić information content (AvgIpc) is 2.61. The van der Waals surface area contributed by atoms with Crippen LogP contribution in [0.5, 0.6) is 0 Å². The molecule has 164 valence electrons. The van der Waals surface area contributed by atoms with E-state index in [4.69, 9.17) is 17.3 Å². The Labute approximate surface area is 174 Å². The van der Waals surface area contributed by atoms with E-state index in [0.717, 1.165) is 17.4 Å². The van der Waals surface area contributed by atoms with E-state index in [1.54, 1.807) is 0 Å². The van der Waals surface area contributed by atoms with Crippen molar-refractivity contribution in [1.29, 1.82) is 0 Å². The summed E-state index contributed by atoms with van der Waals surface area (Å²) in [6, 6.07) is 2.95. The van der Waals surface area contributed by atoms with Crippen molar-refractivity contribution in [1.82, 2.24) is 9.55 Å². The second-order valence-corrected chi connectivity index (χ2v) is 7.03. The van der Waals surface area contributed by atoms with Gasteiger partial charge < -0.3 is 16.0 Å². The highest BCUT2D eigenvalue weighted by molar-refractivity contribution is 6.30. The summed E-state index contributed by atoms with van der Waals surface area (Å²) in [5, 5.41) is 2.03. The van der Waals surface area contributed by atoms with Crippen molar-refractivity contribution in [2.75, 3.05) is 29.5 Å². The van der Waals surface area contributed by atoms with Crippen LogP contribution in [0.25, 0.3) is 0 Å². The Morgan fingerprint density at radius 3 is 2.60 bits per heavy atom. The first-order valence-electron chi connectivity index (χ1n) is 8.96. The van der Waals surface area contributed by atoms with Crippen LogP contribution >= 0.6 is 11.6 Å². The number of rotatable bonds is 7. The normalized spacial score (nSPS) is 11.4. The van der Waals surface area contributed by atoms with Crippen LogP contribution in [0.15, 0.2) is 27.8 Å². The molecule has 0 spiro atoms. The lowest BCUT2D eigenvalue weighted by Gasteiger charge is -2.22. The molecule has 0 saturated carbocycles. The van der Waals surface area contributed by atoms with Crippen molar-refractivity contribution >= 4 is 34.7 Å². The summed E-state index contributed by atoms with van der Waals surface area (Å²) in [7, 11) is 1.36. The Balaban J connectivity index is 2.27. The monoisotopic (exact) mass is 447 g/mol. The molecule has 30 heavy (non-hydrogen) atoms. The zero-order valence-electron chi connectivity index (χ0n) is 16.3. The minimum Gasteiger partial charge on any atom is -0.383 e. The molecule has 0 aliphatic heterocycles. The van der Waals surface area contributed by atoms with Crippen molar-refractivity contribution < 1.29 is 18.0 Å². The first kappa shape index (κ1) is 23.3. The number of halogens is 4. The van der Waals surface area contributed by atoms with Gasteiger partial charge in [0.2, 0.25) is 5.91 Å². The summed E-state index contributed by atoms with van der Waals surface area (Å²) in [5.74, 6) is -0.953. The third kappa shape index (κ3) is 5.35. The number of alkyl halides is 3. The highest BCUT2D eigenvalue weighted by Crippen LogP contribution is 2.36. The molecular formula is C18H21ClF3N5O3. The van der Waals surface area contributed by atoms with Crippen molar-refractivity contribution in [2.24, 2.45) is 0 Å². The summed E-state index contributed by atoms with van der Waals surface area (Å²) in [6.45, 7) is 1.69. The maximum absolute atomic E-state index is 13.2. The summed E-state index contributed by atoms with van der Waals surface area (Å²) < 4.78 is 40.7. The van der Waals surface area contributed by atoms with Crippen LogP contribution in [0.4, 0.5) is 30.4 Å². The molecular weight excluding hydrogens is 427 g/mol. The molecule has 12 heteroatoms. The third-order valence-corrected chi connectivity index (χ3v) is 4.51. The second-order valence-electron chi connectivity index (χ2n) is 6.59. The summed E-state index contributed by atoms with van der Waals surface area (Å²) in [4.78, 5) is 39.8. The van der Waals surface area contributed by atoms with Crippen LogP contribution in [0, 0.1) is 0 Å². The van der Waals surface area contributed by atoms with Gasteiger partial charge >= 0.3 is 11.9 Å². The lowest BCUT2D eigenvalue weighted by atomic mass is 10.1. The number of carbonyl (C=O) groups excluding carboxylic acids is 1. The molecule has 2 rings (SSSR count). The molecule has 1 heterocycles. The standard InChI is InChI=1S/C18H21ClF3N5O3/c1-3-4-7-27-15(23)14(16(29)25-17(27)30)26(2)9-13(28)24-12-6-5-10(19)8-11(12)18(20,21)22/h5-6,8H,3-4,7,9,23H2,1-2H3,(H,24,28)(H,25,29,30). The average molecular weight is 448 g/mol. The Kier molecular flexibility index (Phi) is 7.19. The Morgan fingerprint density at radius 1 is 1.33 bits per heavy atom. The van der Waals surface area contributed by atoms with Gasteiger partial charge in [0.05, 0.1) is 17.8 Å². The van der Waals surface area contributed by atoms with E-state index in [2.05, 4.69) is 10.3 Å². The number of amides is 1. The van der Waals surface area contributed by atoms with Gasteiger partial charge in [-0.1, -0.05) is 24.9 Å². The Bertz CT molecular complexity index is 1050. The van der Waals surface area contributed by atoms with Crippen molar-refractivity contribution in [3.05, 3.63) is 49.6 Å². The SMILES string of the molecule is CCCCn1c(N)c(N(C)CC(=O)Nc2ccc(Cl)cc2C(F)(F)F)c(=O)[nH]c1=O. The van der Waals surface area contributed by atoms with Crippen LogP contribution in [0.1, 0.15) is 25.3 Å². The van der Waals surface area contributed by atoms with E-state index in [1.165, 1.54) is 17.7 Å². The number of unbranched alkanes of at least 4 members (excludes halogenated alkanes) is 1. The molecule has 1 aromatic heterocycles. The largest absolute Gasteiger partial charge is 0.418 e. The van der Waals surface area contributed by atoms with Crippen molar-refractivity contribution in [3.63, 3.8) is 0 Å². The van der Waals surface area contributed by atoms with Crippen molar-refractivity contribution in [3.8, 4) is 0 Å². The van der Waals surface area contributed by atoms with Crippen LogP contribution in [-0.2, 0) is 17.5 Å². The van der Waals surface area contributed by atoms with Gasteiger partial charge in [-0.25, -0.2) is 4.79 Å². The first-order chi connectivity index (χ1) is 14.0. The highest BCUT2D eigenvalue weighted by atomic mass is 35.5. The van der Waals surface area contributed by atoms with Crippen molar-refractivity contribution in [2.45, 2.75) is 32.5 Å². The fourth-order valence-corrected chi connectivity index (χ4v) is 3.00. The zero-order valence-corrected chi connectivity index (χ0v) is 17.0. The highest BCUT2D eigenvalue weighted by Gasteiger charge is 2.34. The lowest BCUT2D eigenvalue weighted by molar-refractivity contribution is -0.137. The molecule has 0 unspecified atom stereocenters. The fourth-order valence-electron chi connectivity index (χ4n) is 2.83.